The fourth-order valence-electron chi connectivity index (χ4n) is 4.78. The maximum atomic E-state index is 13.5. The third kappa shape index (κ3) is 4.58. The second-order valence-electron chi connectivity index (χ2n) is 9.01. The smallest absolute Gasteiger partial charge is 0.254 e. The largest absolute Gasteiger partial charge is 0.355 e. The first kappa shape index (κ1) is 22.5. The van der Waals surface area contributed by atoms with Gasteiger partial charge >= 0.3 is 0 Å². The molecule has 0 saturated carbocycles. The minimum absolute atomic E-state index is 0.00991. The van der Waals surface area contributed by atoms with Crippen LogP contribution in [-0.4, -0.2) is 53.7 Å². The van der Waals surface area contributed by atoms with E-state index in [0.29, 0.717) is 31.6 Å². The van der Waals surface area contributed by atoms with Gasteiger partial charge in [-0.05, 0) is 41.8 Å². The Morgan fingerprint density at radius 1 is 1.19 bits per heavy atom. The Kier molecular flexibility index (Phi) is 6.94. The van der Waals surface area contributed by atoms with Crippen molar-refractivity contribution >= 4 is 29.1 Å². The Labute approximate surface area is 193 Å². The highest BCUT2D eigenvalue weighted by Gasteiger charge is 2.44. The van der Waals surface area contributed by atoms with Crippen LogP contribution in [0.2, 0.25) is 0 Å². The minimum atomic E-state index is -0.463. The van der Waals surface area contributed by atoms with Gasteiger partial charge in [-0.3, -0.25) is 14.4 Å². The molecule has 1 aromatic carbocycles. The molecule has 32 heavy (non-hydrogen) atoms. The van der Waals surface area contributed by atoms with Crippen molar-refractivity contribution in [2.45, 2.75) is 45.1 Å². The fourth-order valence-corrected chi connectivity index (χ4v) is 5.65. The highest BCUT2D eigenvalue weighted by atomic mass is 32.1. The molecule has 1 saturated heterocycles. The van der Waals surface area contributed by atoms with Crippen LogP contribution in [0.3, 0.4) is 0 Å². The van der Waals surface area contributed by atoms with Gasteiger partial charge in [0.25, 0.3) is 5.91 Å². The lowest BCUT2D eigenvalue weighted by Crippen LogP contribution is -2.48. The molecule has 2 aromatic rings. The van der Waals surface area contributed by atoms with Gasteiger partial charge in [-0.15, -0.1) is 11.3 Å². The first-order chi connectivity index (χ1) is 15.5. The summed E-state index contributed by atoms with van der Waals surface area (Å²) in [4.78, 5) is 43.6. The zero-order chi connectivity index (χ0) is 22.7. The summed E-state index contributed by atoms with van der Waals surface area (Å²) in [5.41, 5.74) is 1.41. The summed E-state index contributed by atoms with van der Waals surface area (Å²) in [6, 6.07) is 11.2. The summed E-state index contributed by atoms with van der Waals surface area (Å²) in [5.74, 6) is -0.0459. The number of carbonyl (C=O) groups excluding carboxylic acids is 3. The Hall–Kier alpha value is -2.67. The van der Waals surface area contributed by atoms with Gasteiger partial charge in [0.1, 0.15) is 0 Å². The third-order valence-corrected chi connectivity index (χ3v) is 7.14. The number of benzene rings is 1. The summed E-state index contributed by atoms with van der Waals surface area (Å²) < 4.78 is 0. The summed E-state index contributed by atoms with van der Waals surface area (Å²) in [6.07, 6.45) is 2.28. The monoisotopic (exact) mass is 453 g/mol. The van der Waals surface area contributed by atoms with Gasteiger partial charge in [-0.2, -0.15) is 0 Å². The molecule has 4 rings (SSSR count). The van der Waals surface area contributed by atoms with Crippen molar-refractivity contribution in [1.29, 1.82) is 0 Å². The minimum Gasteiger partial charge on any atom is -0.355 e. The lowest BCUT2D eigenvalue weighted by atomic mass is 9.81. The number of nitrogens with one attached hydrogen (secondary N) is 1. The second kappa shape index (κ2) is 9.86. The van der Waals surface area contributed by atoms with E-state index < -0.39 is 5.92 Å². The van der Waals surface area contributed by atoms with E-state index >= 15 is 0 Å². The van der Waals surface area contributed by atoms with E-state index in [2.05, 4.69) is 19.2 Å². The van der Waals surface area contributed by atoms with E-state index in [0.717, 1.165) is 29.8 Å². The van der Waals surface area contributed by atoms with Crippen molar-refractivity contribution in [3.05, 3.63) is 57.8 Å². The first-order valence-corrected chi connectivity index (χ1v) is 12.3. The molecule has 2 aliphatic heterocycles. The molecule has 2 atom stereocenters. The van der Waals surface area contributed by atoms with Crippen molar-refractivity contribution in [1.82, 2.24) is 15.1 Å². The molecule has 3 amide bonds. The number of fused-ring (bicyclic) bond motifs is 1. The lowest BCUT2D eigenvalue weighted by Gasteiger charge is -2.42. The molecule has 7 heteroatoms. The molecule has 0 unspecified atom stereocenters. The van der Waals surface area contributed by atoms with Crippen LogP contribution in [0.15, 0.2) is 41.8 Å². The van der Waals surface area contributed by atoms with E-state index in [1.165, 1.54) is 0 Å². The molecule has 1 fully saturated rings. The number of hydrogen-bond acceptors (Lipinski definition) is 4. The van der Waals surface area contributed by atoms with E-state index in [1.807, 2.05) is 51.6 Å². The Morgan fingerprint density at radius 2 is 2.00 bits per heavy atom. The molecule has 3 heterocycles. The van der Waals surface area contributed by atoms with Crippen LogP contribution in [0.5, 0.6) is 0 Å². The first-order valence-electron chi connectivity index (χ1n) is 11.5. The van der Waals surface area contributed by atoms with E-state index in [4.69, 9.17) is 0 Å². The van der Waals surface area contributed by atoms with Crippen molar-refractivity contribution in [2.75, 3.05) is 26.2 Å². The number of carbonyl (C=O) groups is 3. The average Bonchev–Trinajstić information content (AvgIpc) is 3.44. The topological polar surface area (TPSA) is 69.7 Å². The van der Waals surface area contributed by atoms with Gasteiger partial charge in [0, 0.05) is 43.0 Å². The molecule has 0 radical (unpaired) electrons. The lowest BCUT2D eigenvalue weighted by molar-refractivity contribution is -0.127. The highest BCUT2D eigenvalue weighted by Crippen LogP contribution is 2.44. The summed E-state index contributed by atoms with van der Waals surface area (Å²) in [6.45, 7) is 6.78. The maximum absolute atomic E-state index is 13.5. The van der Waals surface area contributed by atoms with Gasteiger partial charge < -0.3 is 15.1 Å². The van der Waals surface area contributed by atoms with Gasteiger partial charge in [-0.1, -0.05) is 38.1 Å². The molecule has 1 aromatic heterocycles. The zero-order valence-electron chi connectivity index (χ0n) is 18.8. The van der Waals surface area contributed by atoms with Crippen molar-refractivity contribution < 1.29 is 14.4 Å². The predicted octanol–water partition coefficient (Wildman–Crippen LogP) is 3.81. The molecule has 0 spiro atoms. The molecule has 6 nitrogen and oxygen atoms in total. The van der Waals surface area contributed by atoms with Crippen molar-refractivity contribution in [2.24, 2.45) is 5.92 Å². The van der Waals surface area contributed by atoms with Crippen LogP contribution in [0.1, 0.15) is 65.9 Å². The number of thiophene rings is 1. The zero-order valence-corrected chi connectivity index (χ0v) is 19.6. The molecular weight excluding hydrogens is 422 g/mol. The van der Waals surface area contributed by atoms with Gasteiger partial charge in [-0.25, -0.2) is 0 Å². The molecule has 0 aliphatic carbocycles. The number of nitrogens with zero attached hydrogens (tertiary/aromatic N) is 2. The highest BCUT2D eigenvalue weighted by molar-refractivity contribution is 7.10. The van der Waals surface area contributed by atoms with Crippen LogP contribution in [0.4, 0.5) is 0 Å². The Morgan fingerprint density at radius 3 is 2.69 bits per heavy atom. The van der Waals surface area contributed by atoms with Gasteiger partial charge in [0.2, 0.25) is 11.8 Å². The molecule has 2 aliphatic rings. The van der Waals surface area contributed by atoms with Gasteiger partial charge in [0.15, 0.2) is 0 Å². The number of rotatable bonds is 8. The Bertz CT molecular complexity index is 973. The molecule has 1 N–H and O–H groups in total. The number of likely N-dealkylation sites (tertiary alicyclic amines) is 1. The van der Waals surface area contributed by atoms with E-state index in [1.54, 1.807) is 11.3 Å². The fraction of sp³-hybridized carbons (Fsp3) is 0.480. The van der Waals surface area contributed by atoms with Crippen LogP contribution in [0, 0.1) is 5.92 Å². The van der Waals surface area contributed by atoms with Crippen molar-refractivity contribution in [3.8, 4) is 0 Å². The second-order valence-corrected chi connectivity index (χ2v) is 9.98. The van der Waals surface area contributed by atoms with E-state index in [9.17, 15) is 14.4 Å². The summed E-state index contributed by atoms with van der Waals surface area (Å²) in [7, 11) is 0. The normalized spacial score (nSPS) is 20.7. The van der Waals surface area contributed by atoms with Crippen molar-refractivity contribution in [3.63, 3.8) is 0 Å². The molecular formula is C25H31N3O3S. The molecule has 0 bridgehead atoms. The molecule has 170 valence electrons. The number of amides is 3. The summed E-state index contributed by atoms with van der Waals surface area (Å²) in [5, 5.41) is 5.10. The maximum Gasteiger partial charge on any atom is 0.254 e. The van der Waals surface area contributed by atoms with Crippen LogP contribution < -0.4 is 5.32 Å². The summed E-state index contributed by atoms with van der Waals surface area (Å²) >= 11 is 1.59. The predicted molar refractivity (Wildman–Crippen MR) is 126 cm³/mol. The van der Waals surface area contributed by atoms with Crippen LogP contribution >= 0.6 is 11.3 Å². The van der Waals surface area contributed by atoms with Gasteiger partial charge in [0.05, 0.1) is 12.0 Å². The number of hydrogen-bond donors (Lipinski definition) is 1. The van der Waals surface area contributed by atoms with E-state index in [-0.39, 0.29) is 29.7 Å². The standard InChI is InChI=1S/C25H31N3O3S/c1-17(2)16-28-23(20-10-6-15-32-20)22(18-8-3-4-9-19(18)25(28)31)24(30)26-12-7-14-27-13-5-11-21(27)29/h3-4,6,8-10,15,17,22-23H,5,7,11-14,16H2,1-2H3,(H,26,30)/t22-,23-/m0/s1. The average molecular weight is 454 g/mol. The van der Waals surface area contributed by atoms with Crippen LogP contribution in [0.25, 0.3) is 0 Å². The SMILES string of the molecule is CC(C)CN1C(=O)c2ccccc2[C@H](C(=O)NCCCN2CCCC2=O)[C@@H]1c1cccs1. The third-order valence-electron chi connectivity index (χ3n) is 6.19. The van der Waals surface area contributed by atoms with Crippen LogP contribution in [-0.2, 0) is 9.59 Å². The Balaban J connectivity index is 1.57. The quantitative estimate of drug-likeness (QED) is 0.618.